The first kappa shape index (κ1) is 20.9. The lowest BCUT2D eigenvalue weighted by Gasteiger charge is -2.16. The molecule has 10 nitrogen and oxygen atoms in total. The number of fused-ring (bicyclic) bond motifs is 1. The summed E-state index contributed by atoms with van der Waals surface area (Å²) in [6.07, 6.45) is 5.73. The molecule has 1 aliphatic rings. The second-order valence-corrected chi connectivity index (χ2v) is 7.11. The smallest absolute Gasteiger partial charge is 0.167 e. The maximum Gasteiger partial charge on any atom is 0.167 e. The van der Waals surface area contributed by atoms with E-state index in [0.29, 0.717) is 17.0 Å². The highest BCUT2D eigenvalue weighted by Gasteiger charge is 2.44. The third kappa shape index (κ3) is 4.58. The standard InChI is InChI=1S/C18H30N6O4/c19-7-5-3-1-2-4-6-8-20-16-13-17(22-10-21-16)24(11-23-13)18-15(27)14(26)12(9-25)28-18/h10-12,14-15,18,25-27H,1-9,19H2,(H,20,21,22)/t12-,14-,15-,18-/m1/s1. The molecule has 0 amide bonds. The van der Waals surface area contributed by atoms with E-state index in [1.54, 1.807) is 4.57 Å². The van der Waals surface area contributed by atoms with Crippen molar-refractivity contribution >= 4 is 17.0 Å². The van der Waals surface area contributed by atoms with E-state index in [1.807, 2.05) is 0 Å². The second kappa shape index (κ2) is 10.1. The number of unbranched alkanes of at least 4 members (excludes halogenated alkanes) is 5. The van der Waals surface area contributed by atoms with E-state index in [0.717, 1.165) is 32.4 Å². The number of aliphatic hydroxyl groups is 3. The molecule has 0 unspecified atom stereocenters. The third-order valence-electron chi connectivity index (χ3n) is 5.07. The number of nitrogens with one attached hydrogen (secondary N) is 1. The van der Waals surface area contributed by atoms with Crippen LogP contribution in [0.1, 0.15) is 44.8 Å². The summed E-state index contributed by atoms with van der Waals surface area (Å²) in [4.78, 5) is 12.9. The van der Waals surface area contributed by atoms with Crippen molar-refractivity contribution in [3.63, 3.8) is 0 Å². The molecule has 0 spiro atoms. The molecular weight excluding hydrogens is 364 g/mol. The predicted octanol–water partition coefficient (Wildman–Crippen LogP) is 0.149. The van der Waals surface area contributed by atoms with Crippen LogP contribution in [0.5, 0.6) is 0 Å². The van der Waals surface area contributed by atoms with Crippen LogP contribution in [0.25, 0.3) is 11.2 Å². The Morgan fingerprint density at radius 3 is 2.50 bits per heavy atom. The van der Waals surface area contributed by atoms with Gasteiger partial charge in [0.1, 0.15) is 24.6 Å². The van der Waals surface area contributed by atoms with Gasteiger partial charge in [-0.1, -0.05) is 25.7 Å². The van der Waals surface area contributed by atoms with Crippen molar-refractivity contribution in [3.8, 4) is 0 Å². The average Bonchev–Trinajstić information content (AvgIpc) is 3.26. The van der Waals surface area contributed by atoms with E-state index < -0.39 is 24.5 Å². The number of rotatable bonds is 11. The highest BCUT2D eigenvalue weighted by atomic mass is 16.6. The Bertz CT molecular complexity index is 742. The lowest BCUT2D eigenvalue weighted by atomic mass is 10.1. The van der Waals surface area contributed by atoms with Crippen LogP contribution < -0.4 is 11.1 Å². The molecule has 1 saturated heterocycles. The molecule has 0 radical (unpaired) electrons. The van der Waals surface area contributed by atoms with Crippen LogP contribution in [0.2, 0.25) is 0 Å². The summed E-state index contributed by atoms with van der Waals surface area (Å²) in [6.45, 7) is 1.17. The van der Waals surface area contributed by atoms with Gasteiger partial charge < -0.3 is 31.1 Å². The van der Waals surface area contributed by atoms with Gasteiger partial charge in [0.25, 0.3) is 0 Å². The third-order valence-corrected chi connectivity index (χ3v) is 5.07. The second-order valence-electron chi connectivity index (χ2n) is 7.11. The van der Waals surface area contributed by atoms with Crippen LogP contribution in [0.4, 0.5) is 5.82 Å². The molecule has 156 valence electrons. The van der Waals surface area contributed by atoms with Crippen LogP contribution in [-0.2, 0) is 4.74 Å². The normalized spacial score (nSPS) is 24.9. The largest absolute Gasteiger partial charge is 0.394 e. The molecule has 28 heavy (non-hydrogen) atoms. The minimum atomic E-state index is -1.18. The number of ether oxygens (including phenoxy) is 1. The first-order valence-electron chi connectivity index (χ1n) is 9.91. The van der Waals surface area contributed by atoms with Crippen molar-refractivity contribution in [1.82, 2.24) is 19.5 Å². The highest BCUT2D eigenvalue weighted by Crippen LogP contribution is 2.32. The summed E-state index contributed by atoms with van der Waals surface area (Å²) >= 11 is 0. The van der Waals surface area contributed by atoms with Crippen molar-refractivity contribution in [2.75, 3.05) is 25.0 Å². The molecular formula is C18H30N6O4. The van der Waals surface area contributed by atoms with Crippen molar-refractivity contribution < 1.29 is 20.1 Å². The predicted molar refractivity (Wildman–Crippen MR) is 104 cm³/mol. The van der Waals surface area contributed by atoms with Crippen LogP contribution >= 0.6 is 0 Å². The Labute approximate surface area is 163 Å². The molecule has 1 fully saturated rings. The Morgan fingerprint density at radius 1 is 1.04 bits per heavy atom. The Hall–Kier alpha value is -1.85. The number of anilines is 1. The fourth-order valence-electron chi connectivity index (χ4n) is 3.46. The molecule has 3 rings (SSSR count). The van der Waals surface area contributed by atoms with Gasteiger partial charge in [0.05, 0.1) is 12.9 Å². The maximum absolute atomic E-state index is 10.2. The molecule has 0 aromatic carbocycles. The van der Waals surface area contributed by atoms with E-state index in [2.05, 4.69) is 20.3 Å². The number of aromatic nitrogens is 4. The number of nitrogens with two attached hydrogens (primary N) is 1. The topological polar surface area (TPSA) is 152 Å². The molecule has 0 aliphatic carbocycles. The van der Waals surface area contributed by atoms with Gasteiger partial charge in [-0.15, -0.1) is 0 Å². The molecule has 2 aromatic rings. The van der Waals surface area contributed by atoms with Gasteiger partial charge in [0, 0.05) is 6.54 Å². The fraction of sp³-hybridized carbons (Fsp3) is 0.722. The maximum atomic E-state index is 10.2. The first-order chi connectivity index (χ1) is 13.7. The molecule has 4 atom stereocenters. The summed E-state index contributed by atoms with van der Waals surface area (Å²) in [5.74, 6) is 0.624. The number of hydrogen-bond donors (Lipinski definition) is 5. The Morgan fingerprint density at radius 2 is 1.79 bits per heavy atom. The number of imidazole rings is 1. The number of hydrogen-bond acceptors (Lipinski definition) is 9. The molecule has 10 heteroatoms. The molecule has 0 bridgehead atoms. The summed E-state index contributed by atoms with van der Waals surface area (Å²) < 4.78 is 7.12. The highest BCUT2D eigenvalue weighted by molar-refractivity contribution is 5.82. The first-order valence-corrected chi connectivity index (χ1v) is 9.91. The molecule has 1 aliphatic heterocycles. The summed E-state index contributed by atoms with van der Waals surface area (Å²) in [7, 11) is 0. The van der Waals surface area contributed by atoms with E-state index in [9.17, 15) is 15.3 Å². The van der Waals surface area contributed by atoms with Crippen LogP contribution in [0.3, 0.4) is 0 Å². The van der Waals surface area contributed by atoms with Gasteiger partial charge in [-0.05, 0) is 19.4 Å². The molecule has 0 saturated carbocycles. The van der Waals surface area contributed by atoms with Crippen molar-refractivity contribution in [2.24, 2.45) is 5.73 Å². The number of nitrogens with zero attached hydrogens (tertiary/aromatic N) is 4. The monoisotopic (exact) mass is 394 g/mol. The van der Waals surface area contributed by atoms with Crippen molar-refractivity contribution in [1.29, 1.82) is 0 Å². The quantitative estimate of drug-likeness (QED) is 0.335. The van der Waals surface area contributed by atoms with Crippen LogP contribution in [0.15, 0.2) is 12.7 Å². The zero-order chi connectivity index (χ0) is 19.9. The number of aliphatic hydroxyl groups excluding tert-OH is 3. The van der Waals surface area contributed by atoms with Gasteiger partial charge >= 0.3 is 0 Å². The average molecular weight is 394 g/mol. The van der Waals surface area contributed by atoms with Crippen LogP contribution in [-0.4, -0.2) is 72.8 Å². The van der Waals surface area contributed by atoms with E-state index >= 15 is 0 Å². The molecule has 2 aromatic heterocycles. The molecule has 3 heterocycles. The minimum Gasteiger partial charge on any atom is -0.394 e. The minimum absolute atomic E-state index is 0.380. The van der Waals surface area contributed by atoms with E-state index in [4.69, 9.17) is 10.5 Å². The lowest BCUT2D eigenvalue weighted by Crippen LogP contribution is -2.33. The van der Waals surface area contributed by atoms with Gasteiger partial charge in [0.15, 0.2) is 23.2 Å². The van der Waals surface area contributed by atoms with Gasteiger partial charge in [-0.25, -0.2) is 15.0 Å². The van der Waals surface area contributed by atoms with Crippen LogP contribution in [0, 0.1) is 0 Å². The lowest BCUT2D eigenvalue weighted by molar-refractivity contribution is -0.0511. The summed E-state index contributed by atoms with van der Waals surface area (Å²) in [6, 6.07) is 0. The SMILES string of the molecule is NCCCCCCCCNc1ncnc2c1ncn2[C@@H]1O[C@H](CO)[C@@H](O)[C@H]1O. The summed E-state index contributed by atoms with van der Waals surface area (Å²) in [5.41, 5.74) is 6.56. The Kier molecular flexibility index (Phi) is 7.51. The van der Waals surface area contributed by atoms with Gasteiger partial charge in [-0.3, -0.25) is 4.57 Å². The van der Waals surface area contributed by atoms with Crippen molar-refractivity contribution in [2.45, 2.75) is 63.1 Å². The van der Waals surface area contributed by atoms with Gasteiger partial charge in [-0.2, -0.15) is 0 Å². The zero-order valence-corrected chi connectivity index (χ0v) is 15.9. The van der Waals surface area contributed by atoms with E-state index in [1.165, 1.54) is 31.9 Å². The fourth-order valence-corrected chi connectivity index (χ4v) is 3.46. The van der Waals surface area contributed by atoms with Crippen molar-refractivity contribution in [3.05, 3.63) is 12.7 Å². The molecule has 6 N–H and O–H groups in total. The van der Waals surface area contributed by atoms with E-state index in [-0.39, 0.29) is 6.61 Å². The van der Waals surface area contributed by atoms with Gasteiger partial charge in [0.2, 0.25) is 0 Å². The summed E-state index contributed by atoms with van der Waals surface area (Å²) in [5, 5.41) is 32.8. The Balaban J connectivity index is 1.59. The zero-order valence-electron chi connectivity index (χ0n) is 15.9.